The summed E-state index contributed by atoms with van der Waals surface area (Å²) >= 11 is 1.33. The quantitative estimate of drug-likeness (QED) is 0.531. The van der Waals surface area contributed by atoms with Crippen LogP contribution in [0.4, 0.5) is 0 Å². The number of nitrogens with zero attached hydrogens (tertiary/aromatic N) is 4. The zero-order valence-corrected chi connectivity index (χ0v) is 17.7. The van der Waals surface area contributed by atoms with Gasteiger partial charge in [0.15, 0.2) is 0 Å². The third-order valence-corrected chi connectivity index (χ3v) is 5.91. The van der Waals surface area contributed by atoms with E-state index in [0.717, 1.165) is 5.69 Å². The van der Waals surface area contributed by atoms with Crippen LogP contribution in [0.1, 0.15) is 35.0 Å². The molecule has 0 bridgehead atoms. The average Bonchev–Trinajstić information content (AvgIpc) is 3.14. The van der Waals surface area contributed by atoms with Gasteiger partial charge in [-0.15, -0.1) is 11.3 Å². The number of carbonyl (C=O) groups excluding carboxylic acids is 1. The zero-order valence-electron chi connectivity index (χ0n) is 16.9. The van der Waals surface area contributed by atoms with Crippen molar-refractivity contribution in [2.24, 2.45) is 0 Å². The summed E-state index contributed by atoms with van der Waals surface area (Å²) in [7, 11) is 0. The van der Waals surface area contributed by atoms with Gasteiger partial charge in [0.2, 0.25) is 0 Å². The van der Waals surface area contributed by atoms with Crippen molar-refractivity contribution in [3.8, 4) is 10.7 Å². The number of amides is 1. The molecule has 1 aromatic carbocycles. The minimum absolute atomic E-state index is 0.0888. The Bertz CT molecular complexity index is 1260. The molecule has 8 heteroatoms. The lowest BCUT2D eigenvalue weighted by atomic mass is 10.2. The number of H-pyrrole nitrogens is 1. The normalized spacial score (nSPS) is 11.2. The summed E-state index contributed by atoms with van der Waals surface area (Å²) in [6, 6.07) is 12.7. The second kappa shape index (κ2) is 8.16. The molecule has 1 amide bonds. The average molecular weight is 420 g/mol. The molecule has 152 valence electrons. The molecular formula is C22H21N5O2S. The number of nitrogens with one attached hydrogen (secondary N) is 1. The Morgan fingerprint density at radius 2 is 1.90 bits per heavy atom. The summed E-state index contributed by atoms with van der Waals surface area (Å²) in [6.07, 6.45) is 1.70. The zero-order chi connectivity index (χ0) is 21.3. The summed E-state index contributed by atoms with van der Waals surface area (Å²) in [4.78, 5) is 44.2. The molecule has 1 N–H and O–H groups in total. The van der Waals surface area contributed by atoms with E-state index in [-0.39, 0.29) is 24.1 Å². The summed E-state index contributed by atoms with van der Waals surface area (Å²) in [5.74, 6) is 0.311. The minimum Gasteiger partial charge on any atom is -0.328 e. The van der Waals surface area contributed by atoms with Gasteiger partial charge >= 0.3 is 0 Å². The number of fused-ring (bicyclic) bond motifs is 1. The Morgan fingerprint density at radius 3 is 2.63 bits per heavy atom. The molecule has 7 nitrogen and oxygen atoms in total. The highest BCUT2D eigenvalue weighted by Crippen LogP contribution is 2.28. The minimum atomic E-state index is -0.210. The summed E-state index contributed by atoms with van der Waals surface area (Å²) < 4.78 is 0. The number of pyridine rings is 1. The van der Waals surface area contributed by atoms with E-state index in [0.29, 0.717) is 32.3 Å². The maximum atomic E-state index is 13.4. The van der Waals surface area contributed by atoms with Crippen molar-refractivity contribution in [3.63, 3.8) is 0 Å². The fourth-order valence-corrected chi connectivity index (χ4v) is 4.18. The molecule has 0 aliphatic heterocycles. The molecular weight excluding hydrogens is 398 g/mol. The number of hydrogen-bond donors (Lipinski definition) is 1. The van der Waals surface area contributed by atoms with Crippen LogP contribution in [0.5, 0.6) is 0 Å². The summed E-state index contributed by atoms with van der Waals surface area (Å²) in [6.45, 7) is 5.90. The standard InChI is InChI=1S/C22H21N5O2S/c1-13(2)27(12-18-25-16-9-5-4-8-15(16)20(28)26-18)22(29)19-14(3)24-21(30-19)17-10-6-7-11-23-17/h4-11,13H,12H2,1-3H3,(H,25,26,28). The van der Waals surface area contributed by atoms with E-state index in [4.69, 9.17) is 0 Å². The molecule has 3 aromatic heterocycles. The van der Waals surface area contributed by atoms with Crippen LogP contribution in [0.3, 0.4) is 0 Å². The largest absolute Gasteiger partial charge is 0.328 e. The van der Waals surface area contributed by atoms with Crippen molar-refractivity contribution in [1.82, 2.24) is 24.8 Å². The van der Waals surface area contributed by atoms with Crippen molar-refractivity contribution >= 4 is 28.1 Å². The van der Waals surface area contributed by atoms with E-state index in [1.807, 2.05) is 45.0 Å². The van der Waals surface area contributed by atoms with Crippen LogP contribution in [0.15, 0.2) is 53.5 Å². The third-order valence-electron chi connectivity index (χ3n) is 4.74. The summed E-state index contributed by atoms with van der Waals surface area (Å²) in [5.41, 5.74) is 1.80. The molecule has 0 saturated heterocycles. The van der Waals surface area contributed by atoms with Gasteiger partial charge in [-0.1, -0.05) is 18.2 Å². The van der Waals surface area contributed by atoms with Gasteiger partial charge in [0.25, 0.3) is 11.5 Å². The SMILES string of the molecule is Cc1nc(-c2ccccn2)sc1C(=O)N(Cc1nc2ccccc2c(=O)[nH]1)C(C)C. The highest BCUT2D eigenvalue weighted by Gasteiger charge is 2.25. The second-order valence-corrected chi connectivity index (χ2v) is 8.20. The maximum Gasteiger partial charge on any atom is 0.266 e. The molecule has 0 atom stereocenters. The van der Waals surface area contributed by atoms with Crippen molar-refractivity contribution in [3.05, 3.63) is 75.4 Å². The number of carbonyl (C=O) groups is 1. The smallest absolute Gasteiger partial charge is 0.266 e. The molecule has 0 radical (unpaired) electrons. The Morgan fingerprint density at radius 1 is 1.13 bits per heavy atom. The number of hydrogen-bond acceptors (Lipinski definition) is 6. The Kier molecular flexibility index (Phi) is 5.41. The molecule has 4 rings (SSSR count). The number of para-hydroxylation sites is 1. The molecule has 30 heavy (non-hydrogen) atoms. The Hall–Kier alpha value is -3.39. The van der Waals surface area contributed by atoms with Gasteiger partial charge in [-0.25, -0.2) is 9.97 Å². The topological polar surface area (TPSA) is 91.8 Å². The highest BCUT2D eigenvalue weighted by molar-refractivity contribution is 7.17. The van der Waals surface area contributed by atoms with Gasteiger partial charge in [-0.3, -0.25) is 14.6 Å². The third kappa shape index (κ3) is 3.86. The van der Waals surface area contributed by atoms with Crippen molar-refractivity contribution < 1.29 is 4.79 Å². The second-order valence-electron chi connectivity index (χ2n) is 7.21. The van der Waals surface area contributed by atoms with Gasteiger partial charge < -0.3 is 9.88 Å². The number of aryl methyl sites for hydroxylation is 1. The first kappa shape index (κ1) is 19.9. The van der Waals surface area contributed by atoms with Crippen LogP contribution in [0, 0.1) is 6.92 Å². The van der Waals surface area contributed by atoms with Crippen molar-refractivity contribution in [1.29, 1.82) is 0 Å². The maximum absolute atomic E-state index is 13.4. The van der Waals surface area contributed by atoms with Crippen LogP contribution in [-0.2, 0) is 6.54 Å². The van der Waals surface area contributed by atoms with E-state index in [1.54, 1.807) is 29.3 Å². The molecule has 0 fully saturated rings. The lowest BCUT2D eigenvalue weighted by Crippen LogP contribution is -2.37. The molecule has 0 spiro atoms. The van der Waals surface area contributed by atoms with Gasteiger partial charge in [0.1, 0.15) is 15.7 Å². The molecule has 0 saturated carbocycles. The van der Waals surface area contributed by atoms with Gasteiger partial charge in [0, 0.05) is 12.2 Å². The van der Waals surface area contributed by atoms with E-state index < -0.39 is 0 Å². The van der Waals surface area contributed by atoms with Crippen LogP contribution >= 0.6 is 11.3 Å². The molecule has 3 heterocycles. The van der Waals surface area contributed by atoms with Crippen LogP contribution in [-0.4, -0.2) is 36.8 Å². The number of rotatable bonds is 5. The number of aromatic amines is 1. The van der Waals surface area contributed by atoms with Crippen LogP contribution in [0.25, 0.3) is 21.6 Å². The number of thiazole rings is 1. The lowest BCUT2D eigenvalue weighted by Gasteiger charge is -2.26. The fourth-order valence-electron chi connectivity index (χ4n) is 3.18. The predicted molar refractivity (Wildman–Crippen MR) is 117 cm³/mol. The molecule has 0 aliphatic carbocycles. The van der Waals surface area contributed by atoms with E-state index in [9.17, 15) is 9.59 Å². The van der Waals surface area contributed by atoms with E-state index in [1.165, 1.54) is 11.3 Å². The predicted octanol–water partition coefficient (Wildman–Crippen LogP) is 3.80. The van der Waals surface area contributed by atoms with Gasteiger partial charge in [0.05, 0.1) is 28.8 Å². The summed E-state index contributed by atoms with van der Waals surface area (Å²) in [5, 5.41) is 1.24. The highest BCUT2D eigenvalue weighted by atomic mass is 32.1. The molecule has 0 unspecified atom stereocenters. The first-order valence-electron chi connectivity index (χ1n) is 9.62. The molecule has 0 aliphatic rings. The number of benzene rings is 1. The van der Waals surface area contributed by atoms with Gasteiger partial charge in [-0.05, 0) is 45.0 Å². The van der Waals surface area contributed by atoms with E-state index in [2.05, 4.69) is 19.9 Å². The number of aromatic nitrogens is 4. The fraction of sp³-hybridized carbons (Fsp3) is 0.227. The van der Waals surface area contributed by atoms with Crippen LogP contribution in [0.2, 0.25) is 0 Å². The Balaban J connectivity index is 1.66. The first-order valence-corrected chi connectivity index (χ1v) is 10.4. The monoisotopic (exact) mass is 419 g/mol. The first-order chi connectivity index (χ1) is 14.4. The van der Waals surface area contributed by atoms with E-state index >= 15 is 0 Å². The van der Waals surface area contributed by atoms with Crippen molar-refractivity contribution in [2.75, 3.05) is 0 Å². The van der Waals surface area contributed by atoms with Gasteiger partial charge in [-0.2, -0.15) is 0 Å². The van der Waals surface area contributed by atoms with Crippen LogP contribution < -0.4 is 5.56 Å². The molecule has 4 aromatic rings. The van der Waals surface area contributed by atoms with Crippen molar-refractivity contribution in [2.45, 2.75) is 33.4 Å². The lowest BCUT2D eigenvalue weighted by molar-refractivity contribution is 0.0689. The Labute approximate surface area is 177 Å².